The second-order valence-corrected chi connectivity index (χ2v) is 7.71. The molecule has 0 saturated carbocycles. The molecule has 1 aliphatic rings. The highest BCUT2D eigenvalue weighted by atomic mass is 28.4. The fourth-order valence-electron chi connectivity index (χ4n) is 2.10. The summed E-state index contributed by atoms with van der Waals surface area (Å²) in [6.07, 6.45) is 2.09. The van der Waals surface area contributed by atoms with Crippen molar-refractivity contribution in [1.29, 1.82) is 0 Å². The molecular formula is C12H26N2O5Si. The molecule has 0 bridgehead atoms. The van der Waals surface area contributed by atoms with Gasteiger partial charge in [-0.2, -0.15) is 0 Å². The number of rotatable bonds is 8. The predicted molar refractivity (Wildman–Crippen MR) is 76.1 cm³/mol. The van der Waals surface area contributed by atoms with Crippen LogP contribution >= 0.6 is 0 Å². The minimum Gasteiger partial charge on any atom is -0.396 e. The summed E-state index contributed by atoms with van der Waals surface area (Å²) in [6.45, 7) is 5.08. The highest BCUT2D eigenvalue weighted by molar-refractivity contribution is 6.60. The Labute approximate surface area is 121 Å². The highest BCUT2D eigenvalue weighted by Crippen LogP contribution is 2.27. The number of aliphatic hydroxyl groups is 1. The minimum atomic E-state index is -2.72. The van der Waals surface area contributed by atoms with E-state index in [0.29, 0.717) is 32.0 Å². The predicted octanol–water partition coefficient (Wildman–Crippen LogP) is 0.597. The number of primary amides is 1. The lowest BCUT2D eigenvalue weighted by molar-refractivity contribution is -0.0325. The summed E-state index contributed by atoms with van der Waals surface area (Å²) in [6, 6.07) is 0.0991. The molecule has 0 radical (unpaired) electrons. The van der Waals surface area contributed by atoms with E-state index in [1.807, 2.05) is 13.8 Å². The lowest BCUT2D eigenvalue weighted by Gasteiger charge is -2.38. The first kappa shape index (κ1) is 17.4. The van der Waals surface area contributed by atoms with Crippen LogP contribution in [-0.2, 0) is 13.3 Å². The van der Waals surface area contributed by atoms with Gasteiger partial charge in [0, 0.05) is 38.0 Å². The minimum absolute atomic E-state index is 0.0738. The van der Waals surface area contributed by atoms with Crippen LogP contribution in [0.5, 0.6) is 0 Å². The molecule has 1 rings (SSSR count). The zero-order chi connectivity index (χ0) is 15.0. The SMILES string of the molecule is CC(CCO)O[Si]1(CCCNC(N)=O)OCCC(C)O1. The quantitative estimate of drug-likeness (QED) is 0.450. The van der Waals surface area contributed by atoms with E-state index in [2.05, 4.69) is 5.32 Å². The lowest BCUT2D eigenvalue weighted by atomic mass is 10.3. The van der Waals surface area contributed by atoms with Crippen molar-refractivity contribution in [3.05, 3.63) is 0 Å². The molecule has 0 aromatic carbocycles. The first-order chi connectivity index (χ1) is 9.47. The summed E-state index contributed by atoms with van der Waals surface area (Å²) in [4.78, 5) is 10.6. The molecule has 3 unspecified atom stereocenters. The number of nitrogens with two attached hydrogens (primary N) is 1. The molecule has 1 saturated heterocycles. The van der Waals surface area contributed by atoms with Gasteiger partial charge in [0.2, 0.25) is 0 Å². The topological polar surface area (TPSA) is 103 Å². The summed E-state index contributed by atoms with van der Waals surface area (Å²) < 4.78 is 17.8. The second kappa shape index (κ2) is 8.58. The van der Waals surface area contributed by atoms with Gasteiger partial charge in [0.05, 0.1) is 0 Å². The van der Waals surface area contributed by atoms with Gasteiger partial charge in [-0.15, -0.1) is 0 Å². The number of aliphatic hydroxyl groups excluding tert-OH is 1. The maximum Gasteiger partial charge on any atom is 0.501 e. The van der Waals surface area contributed by atoms with Crippen LogP contribution in [0.4, 0.5) is 4.79 Å². The Bertz CT molecular complexity index is 308. The average molecular weight is 306 g/mol. The van der Waals surface area contributed by atoms with Gasteiger partial charge in [0.25, 0.3) is 0 Å². The average Bonchev–Trinajstić information content (AvgIpc) is 2.34. The van der Waals surface area contributed by atoms with E-state index < -0.39 is 14.8 Å². The molecule has 3 atom stereocenters. The number of hydrogen-bond donors (Lipinski definition) is 3. The number of carbonyl (C=O) groups excluding carboxylic acids is 1. The molecule has 0 aliphatic carbocycles. The van der Waals surface area contributed by atoms with E-state index >= 15 is 0 Å². The normalized spacial score (nSPS) is 28.1. The number of urea groups is 1. The molecule has 0 aromatic heterocycles. The molecular weight excluding hydrogens is 280 g/mol. The van der Waals surface area contributed by atoms with Crippen molar-refractivity contribution in [2.45, 2.75) is 51.4 Å². The van der Waals surface area contributed by atoms with Crippen molar-refractivity contribution in [2.75, 3.05) is 19.8 Å². The summed E-state index contributed by atoms with van der Waals surface area (Å²) in [5, 5.41) is 11.5. The van der Waals surface area contributed by atoms with Crippen LogP contribution in [0.3, 0.4) is 0 Å². The summed E-state index contributed by atoms with van der Waals surface area (Å²) >= 11 is 0. The molecule has 20 heavy (non-hydrogen) atoms. The third-order valence-corrected chi connectivity index (χ3v) is 6.24. The molecule has 1 fully saturated rings. The van der Waals surface area contributed by atoms with Gasteiger partial charge < -0.3 is 29.4 Å². The van der Waals surface area contributed by atoms with E-state index in [0.717, 1.165) is 6.42 Å². The van der Waals surface area contributed by atoms with Crippen molar-refractivity contribution in [1.82, 2.24) is 5.32 Å². The summed E-state index contributed by atoms with van der Waals surface area (Å²) in [5.41, 5.74) is 5.03. The van der Waals surface area contributed by atoms with E-state index in [-0.39, 0.29) is 18.8 Å². The molecule has 118 valence electrons. The van der Waals surface area contributed by atoms with Crippen LogP contribution in [0.25, 0.3) is 0 Å². The van der Waals surface area contributed by atoms with Crippen molar-refractivity contribution in [3.63, 3.8) is 0 Å². The molecule has 7 nitrogen and oxygen atoms in total. The molecule has 1 heterocycles. The summed E-state index contributed by atoms with van der Waals surface area (Å²) in [5.74, 6) is 0. The number of amides is 2. The fraction of sp³-hybridized carbons (Fsp3) is 0.917. The van der Waals surface area contributed by atoms with Crippen LogP contribution < -0.4 is 11.1 Å². The van der Waals surface area contributed by atoms with Gasteiger partial charge in [0.15, 0.2) is 0 Å². The van der Waals surface area contributed by atoms with Gasteiger partial charge >= 0.3 is 14.8 Å². The maximum atomic E-state index is 10.6. The third kappa shape index (κ3) is 6.19. The van der Waals surface area contributed by atoms with Crippen LogP contribution in [0.15, 0.2) is 0 Å². The fourth-order valence-corrected chi connectivity index (χ4v) is 5.17. The Morgan fingerprint density at radius 1 is 1.65 bits per heavy atom. The Kier molecular flexibility index (Phi) is 7.45. The Hall–Kier alpha value is -0.673. The van der Waals surface area contributed by atoms with E-state index in [1.165, 1.54) is 0 Å². The van der Waals surface area contributed by atoms with Gasteiger partial charge in [-0.3, -0.25) is 0 Å². The first-order valence-electron chi connectivity index (χ1n) is 7.11. The van der Waals surface area contributed by atoms with E-state index in [4.69, 9.17) is 24.1 Å². The van der Waals surface area contributed by atoms with Crippen LogP contribution in [0, 0.1) is 0 Å². The highest BCUT2D eigenvalue weighted by Gasteiger charge is 2.45. The molecule has 0 spiro atoms. The van der Waals surface area contributed by atoms with Crippen molar-refractivity contribution in [3.8, 4) is 0 Å². The van der Waals surface area contributed by atoms with Gasteiger partial charge in [-0.05, 0) is 33.1 Å². The summed E-state index contributed by atoms with van der Waals surface area (Å²) in [7, 11) is -2.72. The van der Waals surface area contributed by atoms with Crippen LogP contribution in [0.1, 0.15) is 33.1 Å². The monoisotopic (exact) mass is 306 g/mol. The standard InChI is InChI=1S/C12H26N2O5Si/c1-10(4-7-15)18-20(9-3-6-14-12(13)16)17-8-5-11(2)19-20/h10-11,15H,3-9H2,1-2H3,(H3,13,14,16). The Morgan fingerprint density at radius 2 is 2.40 bits per heavy atom. The zero-order valence-electron chi connectivity index (χ0n) is 12.3. The zero-order valence-corrected chi connectivity index (χ0v) is 13.3. The van der Waals surface area contributed by atoms with E-state index in [1.54, 1.807) is 0 Å². The Balaban J connectivity index is 2.52. The molecule has 2 amide bonds. The lowest BCUT2D eigenvalue weighted by Crippen LogP contribution is -2.53. The van der Waals surface area contributed by atoms with Gasteiger partial charge in [-0.25, -0.2) is 4.79 Å². The molecule has 0 aromatic rings. The third-order valence-electron chi connectivity index (χ3n) is 3.10. The number of carbonyl (C=O) groups is 1. The maximum absolute atomic E-state index is 10.6. The smallest absolute Gasteiger partial charge is 0.396 e. The van der Waals surface area contributed by atoms with Crippen molar-refractivity contribution in [2.24, 2.45) is 5.73 Å². The van der Waals surface area contributed by atoms with Crippen LogP contribution in [0.2, 0.25) is 6.04 Å². The number of nitrogens with one attached hydrogen (secondary N) is 1. The Morgan fingerprint density at radius 3 is 3.00 bits per heavy atom. The molecule has 1 aliphatic heterocycles. The first-order valence-corrected chi connectivity index (χ1v) is 9.04. The van der Waals surface area contributed by atoms with Gasteiger partial charge in [-0.1, -0.05) is 0 Å². The van der Waals surface area contributed by atoms with Gasteiger partial charge in [0.1, 0.15) is 0 Å². The molecule has 4 N–H and O–H groups in total. The second-order valence-electron chi connectivity index (χ2n) is 5.08. The van der Waals surface area contributed by atoms with E-state index in [9.17, 15) is 4.79 Å². The largest absolute Gasteiger partial charge is 0.501 e. The van der Waals surface area contributed by atoms with Crippen molar-refractivity contribution >= 4 is 14.8 Å². The number of hydrogen-bond acceptors (Lipinski definition) is 5. The van der Waals surface area contributed by atoms with Crippen LogP contribution in [-0.4, -0.2) is 51.9 Å². The van der Waals surface area contributed by atoms with Crippen molar-refractivity contribution < 1.29 is 23.2 Å². The molecule has 8 heteroatoms.